The number of likely N-dealkylation sites (N-methyl/N-ethyl adjacent to an activating group) is 1. The largest absolute Gasteiger partial charge is 0.438 e. The molecule has 0 unspecified atom stereocenters. The zero-order valence-corrected chi connectivity index (χ0v) is 17.4. The minimum absolute atomic E-state index is 0.122. The third kappa shape index (κ3) is 4.46. The maximum absolute atomic E-state index is 13.7. The Kier molecular flexibility index (Phi) is 5.98. The fourth-order valence-corrected chi connectivity index (χ4v) is 3.68. The summed E-state index contributed by atoms with van der Waals surface area (Å²) in [6.07, 6.45) is 0.620. The number of fused-ring (bicyclic) bond motifs is 1. The lowest BCUT2D eigenvalue weighted by atomic mass is 10.1. The van der Waals surface area contributed by atoms with E-state index in [2.05, 4.69) is 22.2 Å². The van der Waals surface area contributed by atoms with Crippen molar-refractivity contribution < 1.29 is 13.9 Å². The first-order valence-corrected chi connectivity index (χ1v) is 10.3. The van der Waals surface area contributed by atoms with Crippen LogP contribution in [0.15, 0.2) is 24.3 Å². The van der Waals surface area contributed by atoms with Crippen LogP contribution in [0.1, 0.15) is 18.2 Å². The number of ether oxygens (including phenoxy) is 1. The van der Waals surface area contributed by atoms with Crippen molar-refractivity contribution in [3.05, 3.63) is 41.3 Å². The number of anilines is 1. The van der Waals surface area contributed by atoms with Gasteiger partial charge in [-0.3, -0.25) is 0 Å². The Balaban J connectivity index is 1.67. The Labute approximate surface area is 175 Å². The van der Waals surface area contributed by atoms with Crippen LogP contribution in [0.5, 0.6) is 11.6 Å². The number of piperazine rings is 1. The average molecular weight is 414 g/mol. The molecule has 1 N–H and O–H groups in total. The highest BCUT2D eigenvalue weighted by Gasteiger charge is 2.28. The van der Waals surface area contributed by atoms with E-state index in [4.69, 9.17) is 14.7 Å². The molecule has 0 saturated carbocycles. The van der Waals surface area contributed by atoms with E-state index in [9.17, 15) is 9.18 Å². The lowest BCUT2D eigenvalue weighted by molar-refractivity contribution is 0.191. The summed E-state index contributed by atoms with van der Waals surface area (Å²) in [6.45, 7) is 6.93. The van der Waals surface area contributed by atoms with Gasteiger partial charge in [0.15, 0.2) is 0 Å². The van der Waals surface area contributed by atoms with Crippen LogP contribution in [0, 0.1) is 5.82 Å². The summed E-state index contributed by atoms with van der Waals surface area (Å²) in [5, 5.41) is 2.83. The second-order valence-corrected chi connectivity index (χ2v) is 7.61. The molecule has 0 atom stereocenters. The Bertz CT molecular complexity index is 916. The minimum Gasteiger partial charge on any atom is -0.438 e. The molecule has 1 saturated heterocycles. The van der Waals surface area contributed by atoms with Gasteiger partial charge in [0.25, 0.3) is 0 Å². The molecule has 2 aromatic rings. The summed E-state index contributed by atoms with van der Waals surface area (Å²) >= 11 is 0. The zero-order chi connectivity index (χ0) is 21.1. The number of carbonyl (C=O) groups is 1. The van der Waals surface area contributed by atoms with Crippen molar-refractivity contribution in [2.75, 3.05) is 51.2 Å². The van der Waals surface area contributed by atoms with Crippen molar-refractivity contribution in [1.29, 1.82) is 0 Å². The number of rotatable bonds is 4. The zero-order valence-electron chi connectivity index (χ0n) is 17.4. The molecular formula is C21H27FN6O2. The number of hydrogen-bond donors (Lipinski definition) is 1. The lowest BCUT2D eigenvalue weighted by Gasteiger charge is -2.34. The van der Waals surface area contributed by atoms with E-state index in [1.807, 2.05) is 6.92 Å². The standard InChI is InChI=1S/C21H27FN6O2/c1-3-23-21(29)28-8-7-18-17(14-28)19(30-16-6-4-5-15(22)13-16)25-20(24-18)27-11-9-26(2)10-12-27/h4-6,13H,3,7-12,14H2,1-2H3,(H,23,29). The van der Waals surface area contributed by atoms with Crippen LogP contribution in [-0.2, 0) is 13.0 Å². The van der Waals surface area contributed by atoms with Gasteiger partial charge in [-0.15, -0.1) is 0 Å². The smallest absolute Gasteiger partial charge is 0.317 e. The maximum Gasteiger partial charge on any atom is 0.317 e. The van der Waals surface area contributed by atoms with E-state index in [0.29, 0.717) is 43.6 Å². The van der Waals surface area contributed by atoms with Crippen LogP contribution in [0.4, 0.5) is 15.1 Å². The normalized spacial score (nSPS) is 16.9. The first-order valence-electron chi connectivity index (χ1n) is 10.3. The Morgan fingerprint density at radius 2 is 2.00 bits per heavy atom. The third-order valence-corrected chi connectivity index (χ3v) is 5.42. The molecule has 4 rings (SSSR count). The topological polar surface area (TPSA) is 73.8 Å². The number of urea groups is 1. The third-order valence-electron chi connectivity index (χ3n) is 5.42. The highest BCUT2D eigenvalue weighted by Crippen LogP contribution is 2.31. The molecule has 1 aromatic carbocycles. The fraction of sp³-hybridized carbons (Fsp3) is 0.476. The molecule has 8 nitrogen and oxygen atoms in total. The SMILES string of the molecule is CCNC(=O)N1CCc2nc(N3CCN(C)CC3)nc(Oc3cccc(F)c3)c2C1. The van der Waals surface area contributed by atoms with Crippen LogP contribution >= 0.6 is 0 Å². The Hall–Kier alpha value is -2.94. The number of nitrogens with zero attached hydrogens (tertiary/aromatic N) is 5. The molecule has 3 heterocycles. The molecule has 0 spiro atoms. The molecule has 1 fully saturated rings. The summed E-state index contributed by atoms with van der Waals surface area (Å²) in [5.74, 6) is 1.00. The van der Waals surface area contributed by atoms with Gasteiger partial charge in [-0.1, -0.05) is 6.07 Å². The Morgan fingerprint density at radius 1 is 1.20 bits per heavy atom. The van der Waals surface area contributed by atoms with Crippen molar-refractivity contribution in [3.63, 3.8) is 0 Å². The van der Waals surface area contributed by atoms with Gasteiger partial charge in [0.1, 0.15) is 11.6 Å². The summed E-state index contributed by atoms with van der Waals surface area (Å²) in [7, 11) is 2.10. The van der Waals surface area contributed by atoms with Crippen LogP contribution in [-0.4, -0.2) is 72.1 Å². The number of amides is 2. The van der Waals surface area contributed by atoms with E-state index >= 15 is 0 Å². The van der Waals surface area contributed by atoms with Gasteiger partial charge in [-0.2, -0.15) is 4.98 Å². The molecule has 2 aliphatic rings. The first kappa shape index (κ1) is 20.3. The van der Waals surface area contributed by atoms with Crippen molar-refractivity contribution in [2.45, 2.75) is 19.9 Å². The molecule has 0 aliphatic carbocycles. The molecule has 2 amide bonds. The number of carbonyl (C=O) groups excluding carboxylic acids is 1. The van der Waals surface area contributed by atoms with Gasteiger partial charge in [0.2, 0.25) is 11.8 Å². The fourth-order valence-electron chi connectivity index (χ4n) is 3.68. The number of benzene rings is 1. The van der Waals surface area contributed by atoms with Gasteiger partial charge >= 0.3 is 6.03 Å². The summed E-state index contributed by atoms with van der Waals surface area (Å²) < 4.78 is 19.7. The average Bonchev–Trinajstić information content (AvgIpc) is 2.74. The van der Waals surface area contributed by atoms with Crippen molar-refractivity contribution >= 4 is 12.0 Å². The van der Waals surface area contributed by atoms with E-state index in [1.54, 1.807) is 17.0 Å². The molecule has 0 bridgehead atoms. The predicted molar refractivity (Wildman–Crippen MR) is 111 cm³/mol. The lowest BCUT2D eigenvalue weighted by Crippen LogP contribution is -2.46. The second-order valence-electron chi connectivity index (χ2n) is 7.61. The number of nitrogens with one attached hydrogen (secondary N) is 1. The minimum atomic E-state index is -0.376. The van der Waals surface area contributed by atoms with Crippen LogP contribution in [0.2, 0.25) is 0 Å². The highest BCUT2D eigenvalue weighted by atomic mass is 19.1. The molecule has 30 heavy (non-hydrogen) atoms. The van der Waals surface area contributed by atoms with Crippen molar-refractivity contribution in [3.8, 4) is 11.6 Å². The predicted octanol–water partition coefficient (Wildman–Crippen LogP) is 2.25. The number of hydrogen-bond acceptors (Lipinski definition) is 6. The van der Waals surface area contributed by atoms with Crippen LogP contribution in [0.3, 0.4) is 0 Å². The van der Waals surface area contributed by atoms with Gasteiger partial charge in [0.05, 0.1) is 17.8 Å². The van der Waals surface area contributed by atoms with Gasteiger partial charge in [0, 0.05) is 51.8 Å². The van der Waals surface area contributed by atoms with E-state index < -0.39 is 0 Å². The number of aromatic nitrogens is 2. The number of halogens is 1. The molecule has 160 valence electrons. The van der Waals surface area contributed by atoms with Gasteiger partial charge < -0.3 is 24.8 Å². The van der Waals surface area contributed by atoms with Crippen molar-refractivity contribution in [1.82, 2.24) is 25.1 Å². The molecule has 9 heteroatoms. The van der Waals surface area contributed by atoms with Crippen LogP contribution < -0.4 is 15.0 Å². The summed E-state index contributed by atoms with van der Waals surface area (Å²) in [5.41, 5.74) is 1.65. The molecule has 2 aliphatic heterocycles. The van der Waals surface area contributed by atoms with E-state index in [-0.39, 0.29) is 11.8 Å². The second kappa shape index (κ2) is 8.83. The van der Waals surface area contributed by atoms with E-state index in [0.717, 1.165) is 37.4 Å². The van der Waals surface area contributed by atoms with Gasteiger partial charge in [-0.05, 0) is 26.1 Å². The highest BCUT2D eigenvalue weighted by molar-refractivity contribution is 5.74. The maximum atomic E-state index is 13.7. The Morgan fingerprint density at radius 3 is 2.73 bits per heavy atom. The monoisotopic (exact) mass is 414 g/mol. The summed E-state index contributed by atoms with van der Waals surface area (Å²) in [6, 6.07) is 5.87. The van der Waals surface area contributed by atoms with Gasteiger partial charge in [-0.25, -0.2) is 14.2 Å². The first-order chi connectivity index (χ1) is 14.5. The van der Waals surface area contributed by atoms with Crippen LogP contribution in [0.25, 0.3) is 0 Å². The molecule has 0 radical (unpaired) electrons. The molecule has 1 aromatic heterocycles. The van der Waals surface area contributed by atoms with E-state index in [1.165, 1.54) is 12.1 Å². The van der Waals surface area contributed by atoms with Crippen molar-refractivity contribution in [2.24, 2.45) is 0 Å². The molecular weight excluding hydrogens is 387 g/mol. The quantitative estimate of drug-likeness (QED) is 0.827. The summed E-state index contributed by atoms with van der Waals surface area (Å²) in [4.78, 5) is 28.0.